The van der Waals surface area contributed by atoms with Crippen LogP contribution in [0.4, 0.5) is 0 Å². The molecule has 2 unspecified atom stereocenters. The molecular formula is C15H22O3. The maximum Gasteiger partial charge on any atom is 0.309 e. The third-order valence-corrected chi connectivity index (χ3v) is 3.50. The summed E-state index contributed by atoms with van der Waals surface area (Å²) >= 11 is 0. The number of carboxylic acid groups (broad SMARTS) is 1. The lowest BCUT2D eigenvalue weighted by atomic mass is 9.80. The molecule has 1 aromatic carbocycles. The van der Waals surface area contributed by atoms with Gasteiger partial charge in [-0.2, -0.15) is 0 Å². The second-order valence-electron chi connectivity index (χ2n) is 4.88. The van der Waals surface area contributed by atoms with Gasteiger partial charge in [0.05, 0.1) is 5.92 Å². The average molecular weight is 250 g/mol. The standard InChI is InChI=1S/C15H22O3/c1-4-6-13(14(16)17)15(3,18)12-9-7-11(5-2)8-10-12/h7-10,13,18H,4-6H2,1-3H3,(H,16,17). The number of carbonyl (C=O) groups is 1. The summed E-state index contributed by atoms with van der Waals surface area (Å²) in [6.07, 6.45) is 2.14. The molecule has 0 aliphatic carbocycles. The van der Waals surface area contributed by atoms with E-state index in [9.17, 15) is 15.0 Å². The van der Waals surface area contributed by atoms with Crippen LogP contribution in [0.15, 0.2) is 24.3 Å². The largest absolute Gasteiger partial charge is 0.481 e. The number of rotatable bonds is 6. The molecule has 0 aliphatic rings. The molecule has 0 heterocycles. The van der Waals surface area contributed by atoms with E-state index in [4.69, 9.17) is 0 Å². The number of aliphatic hydroxyl groups is 1. The van der Waals surface area contributed by atoms with Crippen LogP contribution in [0.3, 0.4) is 0 Å². The van der Waals surface area contributed by atoms with Gasteiger partial charge in [-0.25, -0.2) is 0 Å². The quantitative estimate of drug-likeness (QED) is 0.816. The van der Waals surface area contributed by atoms with Gasteiger partial charge in [0.2, 0.25) is 0 Å². The predicted octanol–water partition coefficient (Wildman–Crippen LogP) is 2.96. The first-order chi connectivity index (χ1) is 8.43. The van der Waals surface area contributed by atoms with E-state index < -0.39 is 17.5 Å². The fourth-order valence-electron chi connectivity index (χ4n) is 2.21. The monoisotopic (exact) mass is 250 g/mol. The van der Waals surface area contributed by atoms with Crippen molar-refractivity contribution in [2.24, 2.45) is 5.92 Å². The number of hydrogen-bond donors (Lipinski definition) is 2. The van der Waals surface area contributed by atoms with Gasteiger partial charge < -0.3 is 10.2 Å². The van der Waals surface area contributed by atoms with Crippen LogP contribution >= 0.6 is 0 Å². The van der Waals surface area contributed by atoms with E-state index in [0.717, 1.165) is 12.8 Å². The number of hydrogen-bond acceptors (Lipinski definition) is 2. The van der Waals surface area contributed by atoms with Crippen LogP contribution in [0, 0.1) is 5.92 Å². The van der Waals surface area contributed by atoms with Crippen LogP contribution in [0.5, 0.6) is 0 Å². The van der Waals surface area contributed by atoms with Gasteiger partial charge in [-0.1, -0.05) is 44.5 Å². The summed E-state index contributed by atoms with van der Waals surface area (Å²) in [5.41, 5.74) is 0.520. The molecule has 0 aliphatic heterocycles. The van der Waals surface area contributed by atoms with E-state index in [0.29, 0.717) is 12.0 Å². The van der Waals surface area contributed by atoms with Crippen molar-refractivity contribution in [2.45, 2.75) is 45.6 Å². The number of benzene rings is 1. The second-order valence-corrected chi connectivity index (χ2v) is 4.88. The third-order valence-electron chi connectivity index (χ3n) is 3.50. The summed E-state index contributed by atoms with van der Waals surface area (Å²) in [4.78, 5) is 11.3. The maximum absolute atomic E-state index is 11.3. The predicted molar refractivity (Wildman–Crippen MR) is 71.4 cm³/mol. The molecule has 3 nitrogen and oxygen atoms in total. The van der Waals surface area contributed by atoms with E-state index in [1.54, 1.807) is 6.92 Å². The van der Waals surface area contributed by atoms with Crippen molar-refractivity contribution in [2.75, 3.05) is 0 Å². The molecule has 2 atom stereocenters. The summed E-state index contributed by atoms with van der Waals surface area (Å²) in [5, 5.41) is 19.8. The highest BCUT2D eigenvalue weighted by Gasteiger charge is 2.38. The highest BCUT2D eigenvalue weighted by molar-refractivity contribution is 5.71. The molecule has 0 fully saturated rings. The van der Waals surface area contributed by atoms with E-state index in [1.165, 1.54) is 5.56 Å². The van der Waals surface area contributed by atoms with Crippen LogP contribution in [-0.2, 0) is 16.8 Å². The third kappa shape index (κ3) is 3.10. The van der Waals surface area contributed by atoms with Crippen LogP contribution in [-0.4, -0.2) is 16.2 Å². The van der Waals surface area contributed by atoms with Crippen molar-refractivity contribution in [1.29, 1.82) is 0 Å². The van der Waals surface area contributed by atoms with E-state index in [1.807, 2.05) is 31.2 Å². The molecule has 1 aromatic rings. The Kier molecular flexibility index (Phi) is 4.91. The lowest BCUT2D eigenvalue weighted by molar-refractivity contribution is -0.152. The zero-order valence-electron chi connectivity index (χ0n) is 11.3. The Morgan fingerprint density at radius 2 is 1.83 bits per heavy atom. The lowest BCUT2D eigenvalue weighted by Gasteiger charge is -2.30. The van der Waals surface area contributed by atoms with Crippen molar-refractivity contribution in [1.82, 2.24) is 0 Å². The summed E-state index contributed by atoms with van der Waals surface area (Å²) in [7, 11) is 0. The summed E-state index contributed by atoms with van der Waals surface area (Å²) < 4.78 is 0. The highest BCUT2D eigenvalue weighted by atomic mass is 16.4. The molecule has 18 heavy (non-hydrogen) atoms. The molecule has 0 radical (unpaired) electrons. The molecule has 2 N–H and O–H groups in total. The minimum atomic E-state index is -1.33. The molecular weight excluding hydrogens is 228 g/mol. The normalized spacial score (nSPS) is 16.0. The van der Waals surface area contributed by atoms with Crippen molar-refractivity contribution in [3.05, 3.63) is 35.4 Å². The summed E-state index contributed by atoms with van der Waals surface area (Å²) in [5.74, 6) is -1.71. The zero-order chi connectivity index (χ0) is 13.8. The number of carboxylic acids is 1. The van der Waals surface area contributed by atoms with E-state index in [-0.39, 0.29) is 0 Å². The fourth-order valence-corrected chi connectivity index (χ4v) is 2.21. The highest BCUT2D eigenvalue weighted by Crippen LogP contribution is 2.32. The van der Waals surface area contributed by atoms with Gasteiger partial charge >= 0.3 is 5.97 Å². The molecule has 0 amide bonds. The Bertz CT molecular complexity index is 393. The van der Waals surface area contributed by atoms with Gasteiger partial charge in [-0.3, -0.25) is 4.79 Å². The first-order valence-electron chi connectivity index (χ1n) is 6.48. The Morgan fingerprint density at radius 1 is 1.28 bits per heavy atom. The van der Waals surface area contributed by atoms with E-state index in [2.05, 4.69) is 6.92 Å². The Hall–Kier alpha value is -1.35. The summed E-state index contributed by atoms with van der Waals surface area (Å²) in [6, 6.07) is 7.53. The number of aliphatic carboxylic acids is 1. The van der Waals surface area contributed by atoms with Crippen LogP contribution in [0.1, 0.15) is 44.7 Å². The van der Waals surface area contributed by atoms with Crippen LogP contribution in [0.25, 0.3) is 0 Å². The second kappa shape index (κ2) is 6.01. The van der Waals surface area contributed by atoms with Crippen molar-refractivity contribution >= 4 is 5.97 Å². The van der Waals surface area contributed by atoms with Crippen LogP contribution in [0.2, 0.25) is 0 Å². The van der Waals surface area contributed by atoms with E-state index >= 15 is 0 Å². The van der Waals surface area contributed by atoms with Crippen molar-refractivity contribution in [3.63, 3.8) is 0 Å². The fraction of sp³-hybridized carbons (Fsp3) is 0.533. The van der Waals surface area contributed by atoms with Gasteiger partial charge in [0.25, 0.3) is 0 Å². The van der Waals surface area contributed by atoms with Gasteiger partial charge in [0, 0.05) is 0 Å². The minimum absolute atomic E-state index is 0.470. The molecule has 0 saturated carbocycles. The zero-order valence-corrected chi connectivity index (χ0v) is 11.3. The number of aryl methyl sites for hydroxylation is 1. The smallest absolute Gasteiger partial charge is 0.309 e. The molecule has 0 saturated heterocycles. The average Bonchev–Trinajstić information content (AvgIpc) is 2.35. The topological polar surface area (TPSA) is 57.5 Å². The Balaban J connectivity index is 3.04. The first-order valence-corrected chi connectivity index (χ1v) is 6.48. The van der Waals surface area contributed by atoms with Gasteiger partial charge in [-0.05, 0) is 30.9 Å². The molecule has 3 heteroatoms. The van der Waals surface area contributed by atoms with Crippen LogP contribution < -0.4 is 0 Å². The molecule has 0 bridgehead atoms. The van der Waals surface area contributed by atoms with Gasteiger partial charge in [0.15, 0.2) is 0 Å². The Morgan fingerprint density at radius 3 is 2.22 bits per heavy atom. The van der Waals surface area contributed by atoms with Crippen molar-refractivity contribution < 1.29 is 15.0 Å². The lowest BCUT2D eigenvalue weighted by Crippen LogP contribution is -2.37. The van der Waals surface area contributed by atoms with Gasteiger partial charge in [0.1, 0.15) is 5.60 Å². The maximum atomic E-state index is 11.3. The summed E-state index contributed by atoms with van der Waals surface area (Å²) in [6.45, 7) is 5.57. The SMILES string of the molecule is CCCC(C(=O)O)C(C)(O)c1ccc(CC)cc1. The molecule has 0 aromatic heterocycles. The Labute approximate surface area is 108 Å². The minimum Gasteiger partial charge on any atom is -0.481 e. The molecule has 0 spiro atoms. The van der Waals surface area contributed by atoms with Gasteiger partial charge in [-0.15, -0.1) is 0 Å². The first kappa shape index (κ1) is 14.7. The molecule has 1 rings (SSSR count). The van der Waals surface area contributed by atoms with Crippen molar-refractivity contribution in [3.8, 4) is 0 Å². The molecule has 100 valence electrons.